The lowest BCUT2D eigenvalue weighted by atomic mass is 9.72. The summed E-state index contributed by atoms with van der Waals surface area (Å²) in [5, 5.41) is 10.4. The van der Waals surface area contributed by atoms with Crippen molar-refractivity contribution in [3.05, 3.63) is 0 Å². The van der Waals surface area contributed by atoms with Gasteiger partial charge in [-0.25, -0.2) is 8.42 Å². The molecule has 17 heavy (non-hydrogen) atoms. The zero-order valence-corrected chi connectivity index (χ0v) is 11.5. The van der Waals surface area contributed by atoms with Crippen LogP contribution in [-0.4, -0.2) is 31.1 Å². The van der Waals surface area contributed by atoms with Crippen LogP contribution in [0.15, 0.2) is 0 Å². The number of rotatable bonds is 3. The van der Waals surface area contributed by atoms with Gasteiger partial charge in [0.2, 0.25) is 0 Å². The molecule has 1 aliphatic carbocycles. The molecule has 1 N–H and O–H groups in total. The fourth-order valence-corrected chi connectivity index (χ4v) is 5.48. The molecule has 0 amide bonds. The summed E-state index contributed by atoms with van der Waals surface area (Å²) in [6.07, 6.45) is 6.13. The van der Waals surface area contributed by atoms with Crippen molar-refractivity contribution in [2.24, 2.45) is 17.8 Å². The van der Waals surface area contributed by atoms with Crippen LogP contribution in [0.5, 0.6) is 0 Å². The van der Waals surface area contributed by atoms with Gasteiger partial charge in [0.05, 0.1) is 17.6 Å². The minimum atomic E-state index is -2.86. The van der Waals surface area contributed by atoms with Crippen molar-refractivity contribution in [1.29, 1.82) is 0 Å². The Hall–Kier alpha value is -0.0900. The molecule has 1 aliphatic heterocycles. The standard InChI is InChI=1S/C13H24O3S/c1-2-10-5-3-4-6-12(10)13(14)11-7-8-17(15,16)9-11/h10-14H,2-9H2,1H3. The van der Waals surface area contributed by atoms with Crippen molar-refractivity contribution >= 4 is 9.84 Å². The molecule has 4 heteroatoms. The summed E-state index contributed by atoms with van der Waals surface area (Å²) < 4.78 is 22.9. The fourth-order valence-electron chi connectivity index (χ4n) is 3.64. The third kappa shape index (κ3) is 3.02. The van der Waals surface area contributed by atoms with Crippen LogP contribution in [0.25, 0.3) is 0 Å². The first-order chi connectivity index (χ1) is 8.03. The van der Waals surface area contributed by atoms with Gasteiger partial charge in [0.25, 0.3) is 0 Å². The van der Waals surface area contributed by atoms with E-state index in [0.717, 1.165) is 12.8 Å². The van der Waals surface area contributed by atoms with Crippen LogP contribution in [-0.2, 0) is 9.84 Å². The van der Waals surface area contributed by atoms with E-state index in [0.29, 0.717) is 18.3 Å². The Labute approximate surface area is 105 Å². The number of aliphatic hydroxyl groups excluding tert-OH is 1. The van der Waals surface area contributed by atoms with Crippen molar-refractivity contribution in [3.63, 3.8) is 0 Å². The summed E-state index contributed by atoms with van der Waals surface area (Å²) in [7, 11) is -2.86. The molecule has 1 heterocycles. The van der Waals surface area contributed by atoms with Gasteiger partial charge in [0.15, 0.2) is 9.84 Å². The maximum Gasteiger partial charge on any atom is 0.150 e. The molecule has 3 nitrogen and oxygen atoms in total. The van der Waals surface area contributed by atoms with E-state index in [-0.39, 0.29) is 17.4 Å². The third-order valence-corrected chi connectivity index (χ3v) is 6.48. The number of sulfone groups is 1. The van der Waals surface area contributed by atoms with Crippen molar-refractivity contribution in [1.82, 2.24) is 0 Å². The normalized spacial score (nSPS) is 39.1. The molecule has 4 unspecified atom stereocenters. The Balaban J connectivity index is 2.01. The molecule has 0 spiro atoms. The SMILES string of the molecule is CCC1CCCCC1C(O)C1CCS(=O)(=O)C1. The summed E-state index contributed by atoms with van der Waals surface area (Å²) >= 11 is 0. The van der Waals surface area contributed by atoms with Crippen molar-refractivity contribution in [3.8, 4) is 0 Å². The largest absolute Gasteiger partial charge is 0.393 e. The van der Waals surface area contributed by atoms with Gasteiger partial charge in [-0.1, -0.05) is 32.6 Å². The summed E-state index contributed by atoms with van der Waals surface area (Å²) in [6.45, 7) is 2.18. The van der Waals surface area contributed by atoms with Gasteiger partial charge < -0.3 is 5.11 Å². The van der Waals surface area contributed by atoms with Crippen LogP contribution in [0.1, 0.15) is 45.4 Å². The van der Waals surface area contributed by atoms with Gasteiger partial charge in [-0.3, -0.25) is 0 Å². The van der Waals surface area contributed by atoms with Gasteiger partial charge >= 0.3 is 0 Å². The molecule has 2 fully saturated rings. The van der Waals surface area contributed by atoms with Crippen molar-refractivity contribution < 1.29 is 13.5 Å². The summed E-state index contributed by atoms with van der Waals surface area (Å²) in [4.78, 5) is 0. The van der Waals surface area contributed by atoms with E-state index < -0.39 is 15.9 Å². The van der Waals surface area contributed by atoms with Crippen molar-refractivity contribution in [2.75, 3.05) is 11.5 Å². The van der Waals surface area contributed by atoms with Crippen LogP contribution in [0.3, 0.4) is 0 Å². The molecule has 2 rings (SSSR count). The molecule has 2 aliphatic rings. The van der Waals surface area contributed by atoms with Crippen molar-refractivity contribution in [2.45, 2.75) is 51.6 Å². The highest BCUT2D eigenvalue weighted by atomic mass is 32.2. The van der Waals surface area contributed by atoms with Gasteiger partial charge in [0, 0.05) is 0 Å². The minimum absolute atomic E-state index is 0.00264. The second kappa shape index (κ2) is 5.27. The van der Waals surface area contributed by atoms with Crippen LogP contribution in [0.4, 0.5) is 0 Å². The summed E-state index contributed by atoms with van der Waals surface area (Å²) in [5.74, 6) is 1.42. The Kier molecular flexibility index (Phi) is 4.14. The average Bonchev–Trinajstić information content (AvgIpc) is 2.68. The Morgan fingerprint density at radius 2 is 1.94 bits per heavy atom. The Morgan fingerprint density at radius 1 is 1.24 bits per heavy atom. The second-order valence-corrected chi connectivity index (χ2v) is 8.00. The van der Waals surface area contributed by atoms with E-state index >= 15 is 0 Å². The van der Waals surface area contributed by atoms with E-state index in [9.17, 15) is 13.5 Å². The van der Waals surface area contributed by atoms with Gasteiger partial charge in [-0.05, 0) is 30.6 Å². The van der Waals surface area contributed by atoms with Gasteiger partial charge in [0.1, 0.15) is 0 Å². The van der Waals surface area contributed by atoms with E-state index in [1.165, 1.54) is 19.3 Å². The first-order valence-electron chi connectivity index (χ1n) is 6.92. The van der Waals surface area contributed by atoms with E-state index in [1.807, 2.05) is 0 Å². The number of hydrogen-bond acceptors (Lipinski definition) is 3. The molecule has 0 aromatic carbocycles. The van der Waals surface area contributed by atoms with E-state index in [4.69, 9.17) is 0 Å². The molecular formula is C13H24O3S. The molecule has 0 aromatic rings. The quantitative estimate of drug-likeness (QED) is 0.844. The lowest BCUT2D eigenvalue weighted by Crippen LogP contribution is -2.36. The van der Waals surface area contributed by atoms with Crippen LogP contribution in [0, 0.1) is 17.8 Å². The maximum atomic E-state index is 11.5. The summed E-state index contributed by atoms with van der Waals surface area (Å²) in [6, 6.07) is 0. The van der Waals surface area contributed by atoms with Gasteiger partial charge in [-0.2, -0.15) is 0 Å². The minimum Gasteiger partial charge on any atom is -0.393 e. The average molecular weight is 260 g/mol. The highest BCUT2D eigenvalue weighted by Crippen LogP contribution is 2.38. The first-order valence-corrected chi connectivity index (χ1v) is 8.74. The molecular weight excluding hydrogens is 236 g/mol. The number of aliphatic hydroxyl groups is 1. The molecule has 0 aromatic heterocycles. The third-order valence-electron chi connectivity index (χ3n) is 4.68. The van der Waals surface area contributed by atoms with Gasteiger partial charge in [-0.15, -0.1) is 0 Å². The zero-order chi connectivity index (χ0) is 12.5. The topological polar surface area (TPSA) is 54.4 Å². The monoisotopic (exact) mass is 260 g/mol. The number of hydrogen-bond donors (Lipinski definition) is 1. The Morgan fingerprint density at radius 3 is 2.53 bits per heavy atom. The molecule has 4 atom stereocenters. The molecule has 0 bridgehead atoms. The highest BCUT2D eigenvalue weighted by Gasteiger charge is 2.39. The Bertz CT molecular complexity index is 350. The predicted molar refractivity (Wildman–Crippen MR) is 68.5 cm³/mol. The highest BCUT2D eigenvalue weighted by molar-refractivity contribution is 7.91. The predicted octanol–water partition coefficient (Wildman–Crippen LogP) is 2.00. The van der Waals surface area contributed by atoms with Crippen LogP contribution < -0.4 is 0 Å². The first kappa shape index (κ1) is 13.3. The lowest BCUT2D eigenvalue weighted by Gasteiger charge is -2.36. The molecule has 100 valence electrons. The molecule has 0 radical (unpaired) electrons. The summed E-state index contributed by atoms with van der Waals surface area (Å²) in [5.41, 5.74) is 0. The maximum absolute atomic E-state index is 11.5. The van der Waals surface area contributed by atoms with E-state index in [2.05, 4.69) is 6.92 Å². The van der Waals surface area contributed by atoms with E-state index in [1.54, 1.807) is 0 Å². The second-order valence-electron chi connectivity index (χ2n) is 5.77. The zero-order valence-electron chi connectivity index (χ0n) is 10.6. The van der Waals surface area contributed by atoms with Crippen LogP contribution >= 0.6 is 0 Å². The lowest BCUT2D eigenvalue weighted by molar-refractivity contribution is 0.0110. The van der Waals surface area contributed by atoms with Crippen LogP contribution in [0.2, 0.25) is 0 Å². The molecule has 1 saturated heterocycles. The fraction of sp³-hybridized carbons (Fsp3) is 1.00. The smallest absolute Gasteiger partial charge is 0.150 e. The molecule has 1 saturated carbocycles.